The molecule has 3 nitrogen and oxygen atoms in total. The Morgan fingerprint density at radius 1 is 1.17 bits per heavy atom. The molecule has 12 heavy (non-hydrogen) atoms. The van der Waals surface area contributed by atoms with E-state index in [9.17, 15) is 0 Å². The molecule has 1 N–H and O–H groups in total. The Labute approximate surface area is 75.2 Å². The second-order valence-corrected chi connectivity index (χ2v) is 3.01. The van der Waals surface area contributed by atoms with Crippen molar-refractivity contribution in [3.8, 4) is 0 Å². The van der Waals surface area contributed by atoms with Gasteiger partial charge in [-0.2, -0.15) is 0 Å². The van der Waals surface area contributed by atoms with Gasteiger partial charge in [0.1, 0.15) is 0 Å². The molecule has 0 aromatic heterocycles. The minimum absolute atomic E-state index is 0.841. The first-order valence-corrected chi connectivity index (χ1v) is 4.54. The molecule has 0 aromatic carbocycles. The zero-order chi connectivity index (χ0) is 9.23. The topological polar surface area (TPSA) is 29.2 Å². The number of hydrogen-bond donors (Lipinski definition) is 1. The lowest BCUT2D eigenvalue weighted by Crippen LogP contribution is -3.05. The molecule has 0 heterocycles. The number of quaternary nitrogens is 1. The molecule has 0 unspecified atom stereocenters. The largest absolute Gasteiger partial charge is 0.340 e. The number of nitrogens with zero attached hydrogens (tertiary/aromatic N) is 2. The van der Waals surface area contributed by atoms with Crippen LogP contribution >= 0.6 is 0 Å². The summed E-state index contributed by atoms with van der Waals surface area (Å²) >= 11 is 0. The molecule has 3 heteroatoms. The molecule has 0 saturated carbocycles. The van der Waals surface area contributed by atoms with Crippen molar-refractivity contribution in [2.24, 2.45) is 9.98 Å². The highest BCUT2D eigenvalue weighted by Gasteiger charge is 1.89. The predicted octanol–water partition coefficient (Wildman–Crippen LogP) is -0.317. The molecular weight excluding hydrogens is 150 g/mol. The second-order valence-electron chi connectivity index (χ2n) is 3.01. The van der Waals surface area contributed by atoms with Gasteiger partial charge in [0.15, 0.2) is 0 Å². The van der Waals surface area contributed by atoms with E-state index in [0.29, 0.717) is 0 Å². The highest BCUT2D eigenvalue weighted by atomic mass is 15.0. The molecule has 0 aliphatic heterocycles. The van der Waals surface area contributed by atoms with E-state index in [0.717, 1.165) is 19.5 Å². The number of hydrogen-bond acceptors (Lipinski definition) is 2. The van der Waals surface area contributed by atoms with Gasteiger partial charge < -0.3 is 4.90 Å². The van der Waals surface area contributed by atoms with Crippen LogP contribution in [0.15, 0.2) is 9.98 Å². The molecular formula is C9H20N3+. The first-order valence-electron chi connectivity index (χ1n) is 4.54. The molecule has 0 amide bonds. The van der Waals surface area contributed by atoms with E-state index in [1.807, 2.05) is 6.92 Å². The van der Waals surface area contributed by atoms with E-state index in [-0.39, 0.29) is 0 Å². The van der Waals surface area contributed by atoms with Crippen molar-refractivity contribution < 1.29 is 4.90 Å². The van der Waals surface area contributed by atoms with Gasteiger partial charge in [-0.25, -0.2) is 0 Å². The first kappa shape index (κ1) is 11.3. The van der Waals surface area contributed by atoms with Crippen LogP contribution in [0.5, 0.6) is 0 Å². The van der Waals surface area contributed by atoms with Gasteiger partial charge in [-0.15, -0.1) is 0 Å². The summed E-state index contributed by atoms with van der Waals surface area (Å²) in [5.74, 6) is 0. The molecule has 0 aromatic rings. The second kappa shape index (κ2) is 8.40. The quantitative estimate of drug-likeness (QED) is 0.418. The van der Waals surface area contributed by atoms with Crippen LogP contribution in [0.2, 0.25) is 0 Å². The fraction of sp³-hybridized carbons (Fsp3) is 0.778. The summed E-state index contributed by atoms with van der Waals surface area (Å²) in [6, 6.07) is 0. The van der Waals surface area contributed by atoms with Crippen LogP contribution in [0.25, 0.3) is 0 Å². The van der Waals surface area contributed by atoms with Crippen LogP contribution in [-0.2, 0) is 0 Å². The molecule has 0 saturated heterocycles. The third-order valence-electron chi connectivity index (χ3n) is 1.42. The Bertz CT molecular complexity index is 139. The summed E-state index contributed by atoms with van der Waals surface area (Å²) < 4.78 is 0. The van der Waals surface area contributed by atoms with Crippen molar-refractivity contribution in [1.82, 2.24) is 0 Å². The van der Waals surface area contributed by atoms with Crippen molar-refractivity contribution in [2.45, 2.75) is 13.3 Å². The summed E-state index contributed by atoms with van der Waals surface area (Å²) in [7, 11) is 4.31. The summed E-state index contributed by atoms with van der Waals surface area (Å²) in [4.78, 5) is 9.70. The summed E-state index contributed by atoms with van der Waals surface area (Å²) in [5, 5.41) is 0. The smallest absolute Gasteiger partial charge is 0.0784 e. The summed E-state index contributed by atoms with van der Waals surface area (Å²) in [5.41, 5.74) is 0. The van der Waals surface area contributed by atoms with Gasteiger partial charge in [-0.05, 0) is 6.92 Å². The maximum absolute atomic E-state index is 4.19. The monoisotopic (exact) mass is 170 g/mol. The van der Waals surface area contributed by atoms with Crippen LogP contribution in [0.3, 0.4) is 0 Å². The minimum atomic E-state index is 0.841. The number of rotatable bonds is 6. The van der Waals surface area contributed by atoms with Gasteiger partial charge >= 0.3 is 0 Å². The molecule has 70 valence electrons. The zero-order valence-electron chi connectivity index (χ0n) is 8.38. The standard InChI is InChI=1S/C9H19N3/c1-4-10-7-8-11-6-5-9-12(2)3/h7-8H,4-6,9H2,1-3H3/p+1. The summed E-state index contributed by atoms with van der Waals surface area (Å²) in [6.07, 6.45) is 4.70. The van der Waals surface area contributed by atoms with E-state index in [1.54, 1.807) is 12.4 Å². The Hall–Kier alpha value is -0.700. The Morgan fingerprint density at radius 2 is 1.83 bits per heavy atom. The average Bonchev–Trinajstić information content (AvgIpc) is 2.02. The van der Waals surface area contributed by atoms with Crippen LogP contribution in [0, 0.1) is 0 Å². The van der Waals surface area contributed by atoms with E-state index in [4.69, 9.17) is 0 Å². The van der Waals surface area contributed by atoms with Crippen molar-refractivity contribution in [3.05, 3.63) is 0 Å². The molecule has 0 spiro atoms. The zero-order valence-corrected chi connectivity index (χ0v) is 8.38. The van der Waals surface area contributed by atoms with E-state index in [1.165, 1.54) is 11.4 Å². The Morgan fingerprint density at radius 3 is 2.42 bits per heavy atom. The van der Waals surface area contributed by atoms with E-state index < -0.39 is 0 Å². The van der Waals surface area contributed by atoms with Crippen molar-refractivity contribution in [1.29, 1.82) is 0 Å². The molecule has 0 aliphatic rings. The third kappa shape index (κ3) is 9.30. The first-order chi connectivity index (χ1) is 5.77. The minimum Gasteiger partial charge on any atom is -0.340 e. The average molecular weight is 170 g/mol. The highest BCUT2D eigenvalue weighted by molar-refractivity contribution is 6.15. The fourth-order valence-electron chi connectivity index (χ4n) is 0.798. The number of aliphatic imine (C=N–C) groups is 2. The summed E-state index contributed by atoms with van der Waals surface area (Å²) in [6.45, 7) is 4.96. The molecule has 0 rings (SSSR count). The third-order valence-corrected chi connectivity index (χ3v) is 1.42. The maximum atomic E-state index is 4.19. The van der Waals surface area contributed by atoms with Gasteiger partial charge in [0.25, 0.3) is 0 Å². The molecule has 0 fully saturated rings. The van der Waals surface area contributed by atoms with E-state index in [2.05, 4.69) is 24.1 Å². The lowest BCUT2D eigenvalue weighted by molar-refractivity contribution is -0.858. The Balaban J connectivity index is 3.19. The molecule has 0 radical (unpaired) electrons. The van der Waals surface area contributed by atoms with Crippen LogP contribution in [-0.4, -0.2) is 46.2 Å². The molecule has 0 atom stereocenters. The van der Waals surface area contributed by atoms with Crippen LogP contribution in [0.4, 0.5) is 0 Å². The van der Waals surface area contributed by atoms with Crippen LogP contribution < -0.4 is 4.90 Å². The lowest BCUT2D eigenvalue weighted by atomic mass is 10.4. The van der Waals surface area contributed by atoms with Gasteiger partial charge in [0, 0.05) is 31.9 Å². The van der Waals surface area contributed by atoms with Crippen molar-refractivity contribution >= 4 is 12.4 Å². The fourth-order valence-corrected chi connectivity index (χ4v) is 0.798. The van der Waals surface area contributed by atoms with Crippen molar-refractivity contribution in [2.75, 3.05) is 33.7 Å². The van der Waals surface area contributed by atoms with Crippen LogP contribution in [0.1, 0.15) is 13.3 Å². The van der Waals surface area contributed by atoms with Crippen molar-refractivity contribution in [3.63, 3.8) is 0 Å². The number of nitrogens with one attached hydrogen (secondary N) is 1. The van der Waals surface area contributed by atoms with Gasteiger partial charge in [-0.1, -0.05) is 0 Å². The molecule has 0 bridgehead atoms. The lowest BCUT2D eigenvalue weighted by Gasteiger charge is -2.03. The normalized spacial score (nSPS) is 12.3. The van der Waals surface area contributed by atoms with Gasteiger partial charge in [0.05, 0.1) is 20.6 Å². The van der Waals surface area contributed by atoms with Gasteiger partial charge in [-0.3, -0.25) is 9.98 Å². The SMILES string of the molecule is CCN=CC=NCCC[NH+](C)C. The van der Waals surface area contributed by atoms with E-state index >= 15 is 0 Å². The van der Waals surface area contributed by atoms with Gasteiger partial charge in [0.2, 0.25) is 0 Å². The Kier molecular flexibility index (Phi) is 7.91. The predicted molar refractivity (Wildman–Crippen MR) is 54.7 cm³/mol. The molecule has 0 aliphatic carbocycles. The maximum Gasteiger partial charge on any atom is 0.0784 e. The highest BCUT2D eigenvalue weighted by Crippen LogP contribution is 1.73.